The predicted octanol–water partition coefficient (Wildman–Crippen LogP) is -0.360. The van der Waals surface area contributed by atoms with Crippen LogP contribution in [0.25, 0.3) is 0 Å². The number of amides is 2. The summed E-state index contributed by atoms with van der Waals surface area (Å²) < 4.78 is 0. The van der Waals surface area contributed by atoms with Crippen LogP contribution in [0.15, 0.2) is 6.20 Å². The van der Waals surface area contributed by atoms with Crippen LogP contribution >= 0.6 is 0 Å². The Bertz CT molecular complexity index is 593. The van der Waals surface area contributed by atoms with Gasteiger partial charge in [-0.1, -0.05) is 0 Å². The Morgan fingerprint density at radius 1 is 1.52 bits per heavy atom. The second-order valence-corrected chi connectivity index (χ2v) is 4.89. The average molecular weight is 293 g/mol. The summed E-state index contributed by atoms with van der Waals surface area (Å²) in [7, 11) is 1.66. The van der Waals surface area contributed by atoms with Crippen molar-refractivity contribution in [2.75, 3.05) is 43.4 Å². The number of nitrogens with zero attached hydrogens (tertiary/aromatic N) is 5. The Morgan fingerprint density at radius 3 is 3.05 bits per heavy atom. The van der Waals surface area contributed by atoms with Gasteiger partial charge in [0.1, 0.15) is 6.20 Å². The van der Waals surface area contributed by atoms with Gasteiger partial charge in [0.05, 0.1) is 11.0 Å². The van der Waals surface area contributed by atoms with Crippen molar-refractivity contribution in [3.63, 3.8) is 0 Å². The molecule has 0 aromatic carbocycles. The summed E-state index contributed by atoms with van der Waals surface area (Å²) in [5, 5.41) is 16.7. The van der Waals surface area contributed by atoms with E-state index in [9.17, 15) is 14.9 Å². The van der Waals surface area contributed by atoms with Crippen LogP contribution in [0.1, 0.15) is 0 Å². The third-order valence-electron chi connectivity index (χ3n) is 3.70. The van der Waals surface area contributed by atoms with E-state index >= 15 is 0 Å². The molecule has 3 heterocycles. The smallest absolute Gasteiger partial charge is 0.329 e. The van der Waals surface area contributed by atoms with E-state index in [0.29, 0.717) is 37.9 Å². The highest BCUT2D eigenvalue weighted by Crippen LogP contribution is 2.28. The van der Waals surface area contributed by atoms with E-state index in [-0.39, 0.29) is 17.8 Å². The molecule has 2 aliphatic heterocycles. The molecule has 0 radical (unpaired) electrons. The summed E-state index contributed by atoms with van der Waals surface area (Å²) in [6.07, 6.45) is 1.21. The lowest BCUT2D eigenvalue weighted by Gasteiger charge is -2.36. The molecule has 0 saturated carbocycles. The normalized spacial score (nSPS) is 21.0. The van der Waals surface area contributed by atoms with Gasteiger partial charge < -0.3 is 20.4 Å². The van der Waals surface area contributed by atoms with Crippen molar-refractivity contribution >= 4 is 23.5 Å². The van der Waals surface area contributed by atoms with Crippen molar-refractivity contribution in [2.45, 2.75) is 6.04 Å². The first kappa shape index (κ1) is 13.3. The zero-order valence-electron chi connectivity index (χ0n) is 11.4. The SMILES string of the molecule is CNc1ncc([N+](=O)[O-])c(N2CCN3C(=O)NCC3C2)n1. The Balaban J connectivity index is 1.89. The predicted molar refractivity (Wildman–Crippen MR) is 74.3 cm³/mol. The summed E-state index contributed by atoms with van der Waals surface area (Å²) >= 11 is 0. The van der Waals surface area contributed by atoms with Crippen LogP contribution in [0.4, 0.5) is 22.2 Å². The van der Waals surface area contributed by atoms with E-state index in [1.807, 2.05) is 4.90 Å². The highest BCUT2D eigenvalue weighted by Gasteiger charge is 2.37. The zero-order valence-corrected chi connectivity index (χ0v) is 11.4. The third kappa shape index (κ3) is 2.28. The Hall–Kier alpha value is -2.65. The largest absolute Gasteiger partial charge is 0.357 e. The maximum Gasteiger partial charge on any atom is 0.329 e. The first-order valence-electron chi connectivity index (χ1n) is 6.58. The van der Waals surface area contributed by atoms with Crippen LogP contribution in [0.2, 0.25) is 0 Å². The molecule has 2 amide bonds. The number of piperazine rings is 1. The minimum absolute atomic E-state index is 0.0128. The fourth-order valence-electron chi connectivity index (χ4n) is 2.64. The summed E-state index contributed by atoms with van der Waals surface area (Å²) in [6, 6.07) is -0.0633. The Kier molecular flexibility index (Phi) is 3.20. The number of anilines is 2. The lowest BCUT2D eigenvalue weighted by Crippen LogP contribution is -2.52. The Morgan fingerprint density at radius 2 is 2.33 bits per heavy atom. The number of carbonyl (C=O) groups is 1. The van der Waals surface area contributed by atoms with Crippen molar-refractivity contribution < 1.29 is 9.72 Å². The summed E-state index contributed by atoms with van der Waals surface area (Å²) in [6.45, 7) is 2.09. The van der Waals surface area contributed by atoms with Crippen molar-refractivity contribution in [3.05, 3.63) is 16.3 Å². The quantitative estimate of drug-likeness (QED) is 0.577. The van der Waals surface area contributed by atoms with Gasteiger partial charge in [-0.15, -0.1) is 0 Å². The van der Waals surface area contributed by atoms with E-state index < -0.39 is 4.92 Å². The lowest BCUT2D eigenvalue weighted by molar-refractivity contribution is -0.384. The summed E-state index contributed by atoms with van der Waals surface area (Å²) in [4.78, 5) is 33.9. The molecule has 1 atom stereocenters. The molecule has 0 bridgehead atoms. The van der Waals surface area contributed by atoms with Crippen molar-refractivity contribution in [3.8, 4) is 0 Å². The van der Waals surface area contributed by atoms with Crippen LogP contribution in [0, 0.1) is 10.1 Å². The van der Waals surface area contributed by atoms with Gasteiger partial charge in [0.25, 0.3) is 0 Å². The molecule has 10 nitrogen and oxygen atoms in total. The number of carbonyl (C=O) groups excluding carboxylic acids is 1. The van der Waals surface area contributed by atoms with E-state index in [0.717, 1.165) is 0 Å². The maximum atomic E-state index is 11.6. The van der Waals surface area contributed by atoms with Gasteiger partial charge in [-0.05, 0) is 0 Å². The molecule has 2 saturated heterocycles. The average Bonchev–Trinajstić information content (AvgIpc) is 2.87. The maximum absolute atomic E-state index is 11.6. The Labute approximate surface area is 120 Å². The van der Waals surface area contributed by atoms with Crippen molar-refractivity contribution in [1.29, 1.82) is 0 Å². The van der Waals surface area contributed by atoms with Gasteiger partial charge in [0.2, 0.25) is 11.8 Å². The molecule has 3 rings (SSSR count). The van der Waals surface area contributed by atoms with E-state index in [2.05, 4.69) is 20.6 Å². The van der Waals surface area contributed by atoms with E-state index in [1.54, 1.807) is 11.9 Å². The molecule has 1 aromatic heterocycles. The van der Waals surface area contributed by atoms with Gasteiger partial charge in [-0.3, -0.25) is 10.1 Å². The molecule has 0 spiro atoms. The van der Waals surface area contributed by atoms with Crippen molar-refractivity contribution in [2.24, 2.45) is 0 Å². The van der Waals surface area contributed by atoms with Crippen LogP contribution in [0.3, 0.4) is 0 Å². The topological polar surface area (TPSA) is 117 Å². The lowest BCUT2D eigenvalue weighted by atomic mass is 10.2. The highest BCUT2D eigenvalue weighted by atomic mass is 16.6. The molecular weight excluding hydrogens is 278 g/mol. The molecule has 1 unspecified atom stereocenters. The number of aromatic nitrogens is 2. The summed E-state index contributed by atoms with van der Waals surface area (Å²) in [5.74, 6) is 0.622. The van der Waals surface area contributed by atoms with Crippen LogP contribution < -0.4 is 15.5 Å². The van der Waals surface area contributed by atoms with Crippen LogP contribution in [0.5, 0.6) is 0 Å². The zero-order chi connectivity index (χ0) is 15.0. The minimum Gasteiger partial charge on any atom is -0.357 e. The number of fused-ring (bicyclic) bond motifs is 1. The van der Waals surface area contributed by atoms with E-state index in [4.69, 9.17) is 0 Å². The number of nitrogens with one attached hydrogen (secondary N) is 2. The number of hydrogen-bond donors (Lipinski definition) is 2. The van der Waals surface area contributed by atoms with Gasteiger partial charge in [0, 0.05) is 33.2 Å². The molecule has 1 aromatic rings. The van der Waals surface area contributed by atoms with Gasteiger partial charge >= 0.3 is 11.7 Å². The van der Waals surface area contributed by atoms with Crippen molar-refractivity contribution in [1.82, 2.24) is 20.2 Å². The second-order valence-electron chi connectivity index (χ2n) is 4.89. The molecular formula is C11H15N7O3. The first-order valence-corrected chi connectivity index (χ1v) is 6.58. The standard InChI is InChI=1S/C11H15N7O3/c1-12-10-13-5-8(18(20)21)9(15-10)16-2-3-17-7(6-16)4-14-11(17)19/h5,7H,2-4,6H2,1H3,(H,14,19)(H,12,13,15). The number of nitro groups is 1. The van der Waals surface area contributed by atoms with Crippen LogP contribution in [-0.2, 0) is 0 Å². The highest BCUT2D eigenvalue weighted by molar-refractivity contribution is 5.77. The van der Waals surface area contributed by atoms with Gasteiger partial charge in [-0.2, -0.15) is 4.98 Å². The van der Waals surface area contributed by atoms with Gasteiger partial charge in [-0.25, -0.2) is 9.78 Å². The molecule has 0 aliphatic carbocycles. The molecule has 10 heteroatoms. The number of urea groups is 1. The molecule has 21 heavy (non-hydrogen) atoms. The van der Waals surface area contributed by atoms with Gasteiger partial charge in [0.15, 0.2) is 0 Å². The fraction of sp³-hybridized carbons (Fsp3) is 0.545. The third-order valence-corrected chi connectivity index (χ3v) is 3.70. The molecule has 2 fully saturated rings. The molecule has 2 N–H and O–H groups in total. The fourth-order valence-corrected chi connectivity index (χ4v) is 2.64. The number of hydrogen-bond acceptors (Lipinski definition) is 7. The van der Waals surface area contributed by atoms with Crippen LogP contribution in [-0.4, -0.2) is 65.1 Å². The first-order chi connectivity index (χ1) is 10.1. The monoisotopic (exact) mass is 293 g/mol. The minimum atomic E-state index is -0.487. The molecule has 2 aliphatic rings. The van der Waals surface area contributed by atoms with E-state index in [1.165, 1.54) is 6.20 Å². The summed E-state index contributed by atoms with van der Waals surface area (Å²) in [5.41, 5.74) is -0.125. The molecule has 112 valence electrons. The second kappa shape index (κ2) is 5.04. The number of rotatable bonds is 3.